The lowest BCUT2D eigenvalue weighted by Gasteiger charge is -2.25. The minimum Gasteiger partial charge on any atom is -0.0819 e. The lowest BCUT2D eigenvalue weighted by molar-refractivity contribution is 1.24. The fourth-order valence-corrected chi connectivity index (χ4v) is 3.59. The zero-order chi connectivity index (χ0) is 13.0. The fourth-order valence-electron chi connectivity index (χ4n) is 3.59. The third kappa shape index (κ3) is 1.48. The van der Waals surface area contributed by atoms with Crippen LogP contribution in [0.25, 0.3) is 22.4 Å². The van der Waals surface area contributed by atoms with Crippen LogP contribution in [0, 0.1) is 0 Å². The largest absolute Gasteiger partial charge is 0.169 e. The van der Waals surface area contributed by atoms with Gasteiger partial charge in [0, 0.05) is 0 Å². The van der Waals surface area contributed by atoms with Crippen LogP contribution >= 0.6 is 0 Å². The van der Waals surface area contributed by atoms with Crippen molar-refractivity contribution in [2.75, 3.05) is 0 Å². The molecule has 4 rings (SSSR count). The number of benzene rings is 2. The van der Waals surface area contributed by atoms with Crippen LogP contribution in [0.15, 0.2) is 36.4 Å². The van der Waals surface area contributed by atoms with Crippen LogP contribution in [0.2, 0.25) is 13.6 Å². The first kappa shape index (κ1) is 11.1. The molecule has 0 saturated heterocycles. The van der Waals surface area contributed by atoms with E-state index in [-0.39, 0.29) is 0 Å². The maximum absolute atomic E-state index is 2.44. The van der Waals surface area contributed by atoms with E-state index in [0.29, 0.717) is 6.71 Å². The number of hydrogen-bond acceptors (Lipinski definition) is 0. The van der Waals surface area contributed by atoms with Crippen molar-refractivity contribution in [3.05, 3.63) is 53.1 Å². The number of hydrogen-bond donors (Lipinski definition) is 0. The topological polar surface area (TPSA) is 0 Å². The van der Waals surface area contributed by atoms with Crippen molar-refractivity contribution in [2.24, 2.45) is 0 Å². The van der Waals surface area contributed by atoms with E-state index in [9.17, 15) is 0 Å². The molecule has 0 saturated carbocycles. The summed E-state index contributed by atoms with van der Waals surface area (Å²) in [6.07, 6.45) is 9.21. The van der Waals surface area contributed by atoms with E-state index < -0.39 is 0 Å². The van der Waals surface area contributed by atoms with Gasteiger partial charge in [0.25, 0.3) is 0 Å². The summed E-state index contributed by atoms with van der Waals surface area (Å²) in [5.41, 5.74) is 7.50. The molecule has 0 bridgehead atoms. The van der Waals surface area contributed by atoms with Crippen molar-refractivity contribution in [1.82, 2.24) is 0 Å². The molecular weight excluding hydrogens is 227 g/mol. The predicted molar refractivity (Wildman–Crippen MR) is 86.4 cm³/mol. The Morgan fingerprint density at radius 1 is 1.00 bits per heavy atom. The summed E-state index contributed by atoms with van der Waals surface area (Å²) in [7, 11) is 0. The number of allylic oxidation sites excluding steroid dienone is 3. The number of rotatable bonds is 1. The van der Waals surface area contributed by atoms with E-state index in [1.807, 2.05) is 0 Å². The molecular formula is C18H17B. The van der Waals surface area contributed by atoms with Crippen molar-refractivity contribution in [2.45, 2.75) is 26.5 Å². The molecule has 0 radical (unpaired) electrons. The van der Waals surface area contributed by atoms with Crippen LogP contribution in [0.5, 0.6) is 0 Å². The van der Waals surface area contributed by atoms with Gasteiger partial charge >= 0.3 is 0 Å². The zero-order valence-corrected chi connectivity index (χ0v) is 11.5. The second-order valence-electron chi connectivity index (χ2n) is 5.96. The summed E-state index contributed by atoms with van der Waals surface area (Å²) in [6.45, 7) is 5.20. The second-order valence-corrected chi connectivity index (χ2v) is 5.96. The van der Waals surface area contributed by atoms with Crippen molar-refractivity contribution in [1.29, 1.82) is 0 Å². The summed E-state index contributed by atoms with van der Waals surface area (Å²) in [4.78, 5) is 0. The molecule has 0 aliphatic heterocycles. The molecule has 92 valence electrons. The molecule has 0 atom stereocenters. The summed E-state index contributed by atoms with van der Waals surface area (Å²) in [6, 6.07) is 9.17. The second kappa shape index (κ2) is 3.87. The molecule has 2 aromatic carbocycles. The van der Waals surface area contributed by atoms with Gasteiger partial charge in [0.15, 0.2) is 6.71 Å². The minimum absolute atomic E-state index is 0.601. The molecule has 0 amide bonds. The molecule has 0 spiro atoms. The van der Waals surface area contributed by atoms with Gasteiger partial charge < -0.3 is 0 Å². The van der Waals surface area contributed by atoms with E-state index in [2.05, 4.69) is 56.1 Å². The maximum Gasteiger partial charge on any atom is 0.169 e. The van der Waals surface area contributed by atoms with Gasteiger partial charge in [-0.25, -0.2) is 0 Å². The molecule has 0 fully saturated rings. The van der Waals surface area contributed by atoms with E-state index in [1.165, 1.54) is 32.9 Å². The van der Waals surface area contributed by atoms with Gasteiger partial charge in [0.05, 0.1) is 0 Å². The van der Waals surface area contributed by atoms with Crippen LogP contribution in [0.1, 0.15) is 23.1 Å². The Labute approximate surface area is 114 Å². The highest BCUT2D eigenvalue weighted by atomic mass is 14.2. The van der Waals surface area contributed by atoms with Crippen LogP contribution in [-0.2, 0) is 6.42 Å². The molecule has 1 heteroatoms. The lowest BCUT2D eigenvalue weighted by Crippen LogP contribution is -2.28. The average Bonchev–Trinajstić information content (AvgIpc) is 2.44. The molecule has 0 N–H and O–H groups in total. The third-order valence-electron chi connectivity index (χ3n) is 4.49. The Morgan fingerprint density at radius 2 is 1.84 bits per heavy atom. The molecule has 2 aromatic rings. The average molecular weight is 244 g/mol. The van der Waals surface area contributed by atoms with E-state index >= 15 is 0 Å². The summed E-state index contributed by atoms with van der Waals surface area (Å²) in [5, 5.41) is 2.92. The Bertz CT molecular complexity index is 748. The predicted octanol–water partition coefficient (Wildman–Crippen LogP) is 4.16. The monoisotopic (exact) mass is 244 g/mol. The van der Waals surface area contributed by atoms with Gasteiger partial charge in [-0.15, -0.1) is 0 Å². The van der Waals surface area contributed by atoms with Gasteiger partial charge in [-0.05, 0) is 45.9 Å². The Morgan fingerprint density at radius 3 is 2.68 bits per heavy atom. The normalized spacial score (nSPS) is 15.6. The highest BCUT2D eigenvalue weighted by molar-refractivity contribution is 6.71. The van der Waals surface area contributed by atoms with E-state index in [4.69, 9.17) is 0 Å². The van der Waals surface area contributed by atoms with Crippen molar-refractivity contribution < 1.29 is 0 Å². The van der Waals surface area contributed by atoms with Crippen molar-refractivity contribution >= 4 is 34.6 Å². The summed E-state index contributed by atoms with van der Waals surface area (Å²) in [5.74, 6) is 0. The maximum atomic E-state index is 2.44. The Kier molecular flexibility index (Phi) is 2.26. The summed E-state index contributed by atoms with van der Waals surface area (Å²) >= 11 is 0. The van der Waals surface area contributed by atoms with Crippen LogP contribution in [0.4, 0.5) is 0 Å². The zero-order valence-electron chi connectivity index (χ0n) is 11.5. The SMILES string of the molecule is CB(C)c1ccc2ccc3c4c2c1CC=C4CC=C3. The first-order chi connectivity index (χ1) is 9.25. The Hall–Kier alpha value is -1.76. The van der Waals surface area contributed by atoms with Crippen molar-refractivity contribution in [3.8, 4) is 0 Å². The van der Waals surface area contributed by atoms with E-state index in [1.54, 1.807) is 5.56 Å². The Balaban J connectivity index is 2.17. The lowest BCUT2D eigenvalue weighted by atomic mass is 9.47. The molecule has 0 aromatic heterocycles. The first-order valence-corrected chi connectivity index (χ1v) is 7.20. The van der Waals surface area contributed by atoms with E-state index in [0.717, 1.165) is 12.8 Å². The van der Waals surface area contributed by atoms with Gasteiger partial charge in [-0.1, -0.05) is 61.6 Å². The third-order valence-corrected chi connectivity index (χ3v) is 4.49. The quantitative estimate of drug-likeness (QED) is 0.661. The molecule has 0 nitrogen and oxygen atoms in total. The molecule has 0 unspecified atom stereocenters. The highest BCUT2D eigenvalue weighted by Gasteiger charge is 2.22. The molecule has 2 aliphatic rings. The van der Waals surface area contributed by atoms with Crippen LogP contribution < -0.4 is 5.46 Å². The van der Waals surface area contributed by atoms with Gasteiger partial charge in [0.1, 0.15) is 0 Å². The van der Waals surface area contributed by atoms with Crippen LogP contribution in [-0.4, -0.2) is 6.71 Å². The van der Waals surface area contributed by atoms with Crippen molar-refractivity contribution in [3.63, 3.8) is 0 Å². The van der Waals surface area contributed by atoms with Gasteiger partial charge in [0.2, 0.25) is 0 Å². The smallest absolute Gasteiger partial charge is 0.0819 e. The first-order valence-electron chi connectivity index (χ1n) is 7.20. The minimum atomic E-state index is 0.601. The standard InChI is InChI=1S/C18H17B/c1-19(2)16-11-9-14-7-6-12-4-3-5-13-8-10-15(16)18(14)17(12)13/h3-4,6-9,11H,5,10H2,1-2H3. The fraction of sp³-hybridized carbons (Fsp3) is 0.222. The molecule has 2 aliphatic carbocycles. The van der Waals surface area contributed by atoms with Gasteiger partial charge in [-0.2, -0.15) is 0 Å². The van der Waals surface area contributed by atoms with Crippen LogP contribution in [0.3, 0.4) is 0 Å². The summed E-state index contributed by atoms with van der Waals surface area (Å²) < 4.78 is 0. The molecule has 19 heavy (non-hydrogen) atoms. The molecule has 0 heterocycles. The van der Waals surface area contributed by atoms with Gasteiger partial charge in [-0.3, -0.25) is 0 Å². The highest BCUT2D eigenvalue weighted by Crippen LogP contribution is 2.39.